The Hall–Kier alpha value is -1.44. The lowest BCUT2D eigenvalue weighted by molar-refractivity contribution is -0.0230. The van der Waals surface area contributed by atoms with Gasteiger partial charge in [0.05, 0.1) is 23.2 Å². The summed E-state index contributed by atoms with van der Waals surface area (Å²) in [4.78, 5) is 11.0. The van der Waals surface area contributed by atoms with E-state index in [0.29, 0.717) is 13.0 Å². The van der Waals surface area contributed by atoms with Crippen molar-refractivity contribution in [3.63, 3.8) is 0 Å². The molecule has 2 unspecified atom stereocenters. The van der Waals surface area contributed by atoms with Crippen LogP contribution in [-0.2, 0) is 14.8 Å². The Morgan fingerprint density at radius 3 is 2.81 bits per heavy atom. The van der Waals surface area contributed by atoms with Gasteiger partial charge in [-0.3, -0.25) is 0 Å². The van der Waals surface area contributed by atoms with Gasteiger partial charge in [0.1, 0.15) is 0 Å². The molecule has 1 aliphatic rings. The third-order valence-corrected chi connectivity index (χ3v) is 5.49. The molecule has 2 rings (SSSR count). The number of carbonyl (C=O) groups is 1. The number of ether oxygens (including phenoxy) is 1. The van der Waals surface area contributed by atoms with Crippen LogP contribution in [0.4, 0.5) is 0 Å². The lowest BCUT2D eigenvalue weighted by Crippen LogP contribution is -2.51. The molecule has 1 aliphatic heterocycles. The molecule has 1 heterocycles. The van der Waals surface area contributed by atoms with E-state index in [1.54, 1.807) is 0 Å². The van der Waals surface area contributed by atoms with E-state index >= 15 is 0 Å². The molecule has 1 fully saturated rings. The molecule has 1 aromatic carbocycles. The smallest absolute Gasteiger partial charge is 0.335 e. The molecular weight excluding hydrogens is 294 g/mol. The first-order valence-electron chi connectivity index (χ1n) is 6.83. The Labute approximate surface area is 124 Å². The number of hydrogen-bond acceptors (Lipinski definition) is 4. The van der Waals surface area contributed by atoms with Crippen molar-refractivity contribution in [3.05, 3.63) is 29.8 Å². The zero-order chi connectivity index (χ0) is 15.6. The van der Waals surface area contributed by atoms with Crippen molar-refractivity contribution in [3.8, 4) is 0 Å². The van der Waals surface area contributed by atoms with Crippen molar-refractivity contribution in [2.45, 2.75) is 37.3 Å². The molecule has 0 amide bonds. The molecule has 1 aromatic rings. The fraction of sp³-hybridized carbons (Fsp3) is 0.500. The molecule has 0 saturated carbocycles. The third-order valence-electron chi connectivity index (χ3n) is 3.58. The normalized spacial score (nSPS) is 23.9. The minimum Gasteiger partial charge on any atom is -0.478 e. The number of carboxylic acids is 1. The average Bonchev–Trinajstić information content (AvgIpc) is 2.47. The van der Waals surface area contributed by atoms with Crippen molar-refractivity contribution < 1.29 is 23.1 Å². The summed E-state index contributed by atoms with van der Waals surface area (Å²) < 4.78 is 32.4. The van der Waals surface area contributed by atoms with Gasteiger partial charge in [-0.2, -0.15) is 4.31 Å². The predicted octanol–water partition coefficient (Wildman–Crippen LogP) is 1.57. The SMILES string of the molecule is CCC1COC(C)CN1S(=O)(=O)c1cccc(C(=O)O)c1. The highest BCUT2D eigenvalue weighted by Crippen LogP contribution is 2.24. The fourth-order valence-corrected chi connectivity index (χ4v) is 4.16. The molecule has 7 heteroatoms. The Morgan fingerprint density at radius 2 is 2.19 bits per heavy atom. The Kier molecular flexibility index (Phi) is 4.65. The Balaban J connectivity index is 2.40. The van der Waals surface area contributed by atoms with Gasteiger partial charge in [0.25, 0.3) is 0 Å². The molecular formula is C14H19NO5S. The highest BCUT2D eigenvalue weighted by molar-refractivity contribution is 7.89. The molecule has 6 nitrogen and oxygen atoms in total. The second-order valence-electron chi connectivity index (χ2n) is 5.11. The highest BCUT2D eigenvalue weighted by atomic mass is 32.2. The predicted molar refractivity (Wildman–Crippen MR) is 76.8 cm³/mol. The van der Waals surface area contributed by atoms with Gasteiger partial charge >= 0.3 is 5.97 Å². The summed E-state index contributed by atoms with van der Waals surface area (Å²) in [6, 6.07) is 5.22. The lowest BCUT2D eigenvalue weighted by atomic mass is 10.2. The Morgan fingerprint density at radius 1 is 1.48 bits per heavy atom. The molecule has 1 N–H and O–H groups in total. The van der Waals surface area contributed by atoms with Crippen molar-refractivity contribution >= 4 is 16.0 Å². The monoisotopic (exact) mass is 313 g/mol. The molecule has 116 valence electrons. The molecule has 2 atom stereocenters. The number of carboxylic acid groups (broad SMARTS) is 1. The second kappa shape index (κ2) is 6.13. The van der Waals surface area contributed by atoms with E-state index in [4.69, 9.17) is 9.84 Å². The van der Waals surface area contributed by atoms with Crippen molar-refractivity contribution in [2.75, 3.05) is 13.2 Å². The molecule has 0 radical (unpaired) electrons. The zero-order valence-corrected chi connectivity index (χ0v) is 12.8. The Bertz CT molecular complexity index is 628. The van der Waals surface area contributed by atoms with Crippen molar-refractivity contribution in [1.29, 1.82) is 0 Å². The van der Waals surface area contributed by atoms with Crippen LogP contribution in [0.1, 0.15) is 30.6 Å². The molecule has 0 spiro atoms. The van der Waals surface area contributed by atoms with Crippen LogP contribution in [0.25, 0.3) is 0 Å². The molecule has 1 saturated heterocycles. The van der Waals surface area contributed by atoms with Gasteiger partial charge in [0.2, 0.25) is 10.0 Å². The summed E-state index contributed by atoms with van der Waals surface area (Å²) in [6.45, 7) is 4.36. The maximum absolute atomic E-state index is 12.8. The van der Waals surface area contributed by atoms with Gasteiger partial charge in [0.15, 0.2) is 0 Å². The van der Waals surface area contributed by atoms with E-state index in [1.807, 2.05) is 13.8 Å². The summed E-state index contributed by atoms with van der Waals surface area (Å²) in [5, 5.41) is 9.00. The van der Waals surface area contributed by atoms with E-state index in [2.05, 4.69) is 0 Å². The summed E-state index contributed by atoms with van der Waals surface area (Å²) in [7, 11) is -3.72. The molecule has 21 heavy (non-hydrogen) atoms. The largest absolute Gasteiger partial charge is 0.478 e. The van der Waals surface area contributed by atoms with Crippen LogP contribution in [0, 0.1) is 0 Å². The van der Waals surface area contributed by atoms with E-state index in [-0.39, 0.29) is 29.1 Å². The van der Waals surface area contributed by atoms with E-state index < -0.39 is 16.0 Å². The van der Waals surface area contributed by atoms with Gasteiger partial charge in [0, 0.05) is 12.6 Å². The maximum atomic E-state index is 12.8. The van der Waals surface area contributed by atoms with Crippen LogP contribution in [0.3, 0.4) is 0 Å². The number of sulfonamides is 1. The number of morpholine rings is 1. The minimum atomic E-state index is -3.72. The van der Waals surface area contributed by atoms with Gasteiger partial charge in [-0.15, -0.1) is 0 Å². The van der Waals surface area contributed by atoms with E-state index in [9.17, 15) is 13.2 Å². The zero-order valence-electron chi connectivity index (χ0n) is 12.0. The minimum absolute atomic E-state index is 0.00921. The maximum Gasteiger partial charge on any atom is 0.335 e. The number of benzene rings is 1. The second-order valence-corrected chi connectivity index (χ2v) is 7.00. The first-order chi connectivity index (χ1) is 9.86. The average molecular weight is 313 g/mol. The van der Waals surface area contributed by atoms with Gasteiger partial charge < -0.3 is 9.84 Å². The van der Waals surface area contributed by atoms with Crippen LogP contribution in [0.15, 0.2) is 29.2 Å². The summed E-state index contributed by atoms with van der Waals surface area (Å²) in [6.07, 6.45) is 0.468. The van der Waals surface area contributed by atoms with Gasteiger partial charge in [-0.25, -0.2) is 13.2 Å². The van der Waals surface area contributed by atoms with Crippen LogP contribution in [-0.4, -0.2) is 49.1 Å². The highest BCUT2D eigenvalue weighted by Gasteiger charge is 2.35. The quantitative estimate of drug-likeness (QED) is 0.912. The molecule has 0 aromatic heterocycles. The first kappa shape index (κ1) is 15.9. The fourth-order valence-electron chi connectivity index (χ4n) is 2.35. The summed E-state index contributed by atoms with van der Waals surface area (Å²) in [5.74, 6) is -1.14. The standard InChI is InChI=1S/C14H19NO5S/c1-3-12-9-20-10(2)8-15(12)21(18,19)13-6-4-5-11(7-13)14(16)17/h4-7,10,12H,3,8-9H2,1-2H3,(H,16,17). The van der Waals surface area contributed by atoms with Crippen LogP contribution in [0.5, 0.6) is 0 Å². The first-order valence-corrected chi connectivity index (χ1v) is 8.27. The van der Waals surface area contributed by atoms with Gasteiger partial charge in [-0.05, 0) is 31.5 Å². The van der Waals surface area contributed by atoms with Crippen LogP contribution >= 0.6 is 0 Å². The number of hydrogen-bond donors (Lipinski definition) is 1. The van der Waals surface area contributed by atoms with Crippen LogP contribution < -0.4 is 0 Å². The third kappa shape index (κ3) is 3.25. The van der Waals surface area contributed by atoms with Crippen LogP contribution in [0.2, 0.25) is 0 Å². The summed E-state index contributed by atoms with van der Waals surface area (Å²) in [5.41, 5.74) is -0.0366. The van der Waals surface area contributed by atoms with E-state index in [1.165, 1.54) is 28.6 Å². The number of nitrogens with zero attached hydrogens (tertiary/aromatic N) is 1. The summed E-state index contributed by atoms with van der Waals surface area (Å²) >= 11 is 0. The molecule has 0 bridgehead atoms. The van der Waals surface area contributed by atoms with Crippen molar-refractivity contribution in [2.24, 2.45) is 0 Å². The lowest BCUT2D eigenvalue weighted by Gasteiger charge is -2.37. The van der Waals surface area contributed by atoms with Gasteiger partial charge in [-0.1, -0.05) is 13.0 Å². The van der Waals surface area contributed by atoms with Crippen molar-refractivity contribution in [1.82, 2.24) is 4.31 Å². The number of rotatable bonds is 4. The molecule has 0 aliphatic carbocycles. The number of aromatic carboxylic acids is 1. The van der Waals surface area contributed by atoms with E-state index in [0.717, 1.165) is 0 Å². The topological polar surface area (TPSA) is 83.9 Å².